The van der Waals surface area contributed by atoms with E-state index in [-0.39, 0.29) is 12.5 Å². The molecule has 1 rings (SSSR count). The van der Waals surface area contributed by atoms with E-state index in [1.807, 2.05) is 0 Å². The van der Waals surface area contributed by atoms with Crippen molar-refractivity contribution in [2.75, 3.05) is 6.54 Å². The Morgan fingerprint density at radius 1 is 1.31 bits per heavy atom. The number of hydrogen-bond acceptors (Lipinski definition) is 2. The number of carbonyl (C=O) groups excluding carboxylic acids is 1. The Labute approximate surface area is 95.6 Å². The van der Waals surface area contributed by atoms with Crippen molar-refractivity contribution in [2.24, 2.45) is 5.92 Å². The van der Waals surface area contributed by atoms with Crippen LogP contribution >= 0.6 is 0 Å². The van der Waals surface area contributed by atoms with Gasteiger partial charge >= 0.3 is 12.0 Å². The normalized spacial score (nSPS) is 22.6. The Kier molecular flexibility index (Phi) is 5.08. The first-order valence-electron chi connectivity index (χ1n) is 5.85. The van der Waals surface area contributed by atoms with Gasteiger partial charge in [0.05, 0.1) is 0 Å². The number of urea groups is 1. The molecule has 1 aliphatic rings. The summed E-state index contributed by atoms with van der Waals surface area (Å²) in [5, 5.41) is 14.0. The van der Waals surface area contributed by atoms with E-state index in [4.69, 9.17) is 5.11 Å². The Morgan fingerprint density at radius 2 is 2.00 bits per heavy atom. The van der Waals surface area contributed by atoms with Crippen LogP contribution in [0.3, 0.4) is 0 Å². The lowest BCUT2D eigenvalue weighted by Crippen LogP contribution is -2.37. The van der Waals surface area contributed by atoms with Crippen LogP contribution in [0.5, 0.6) is 0 Å². The number of hydrogen-bond donors (Lipinski definition) is 3. The summed E-state index contributed by atoms with van der Waals surface area (Å²) in [7, 11) is 0. The van der Waals surface area contributed by atoms with Gasteiger partial charge in [-0.15, -0.1) is 0 Å². The molecule has 2 amide bonds. The van der Waals surface area contributed by atoms with Crippen LogP contribution in [-0.2, 0) is 4.79 Å². The largest absolute Gasteiger partial charge is 0.481 e. The standard InChI is InChI=1S/C11H20N2O3/c1-8-7-9(8)13-11(16)12-6-4-2-3-5-10(14)15/h8-9H,2-7H2,1H3,(H,14,15)(H2,12,13,16). The zero-order chi connectivity index (χ0) is 12.0. The molecule has 0 radical (unpaired) electrons. The maximum Gasteiger partial charge on any atom is 0.315 e. The van der Waals surface area contributed by atoms with Crippen molar-refractivity contribution in [1.82, 2.24) is 10.6 Å². The summed E-state index contributed by atoms with van der Waals surface area (Å²) >= 11 is 0. The number of carbonyl (C=O) groups is 2. The highest BCUT2D eigenvalue weighted by molar-refractivity contribution is 5.74. The van der Waals surface area contributed by atoms with Crippen molar-refractivity contribution in [1.29, 1.82) is 0 Å². The van der Waals surface area contributed by atoms with E-state index in [1.165, 1.54) is 0 Å². The van der Waals surface area contributed by atoms with E-state index in [0.717, 1.165) is 19.3 Å². The molecule has 0 bridgehead atoms. The molecule has 1 aliphatic carbocycles. The van der Waals surface area contributed by atoms with Crippen LogP contribution in [0.2, 0.25) is 0 Å². The smallest absolute Gasteiger partial charge is 0.315 e. The predicted octanol–water partition coefficient (Wildman–Crippen LogP) is 1.34. The Morgan fingerprint density at radius 3 is 2.56 bits per heavy atom. The van der Waals surface area contributed by atoms with Crippen molar-refractivity contribution in [2.45, 2.75) is 45.1 Å². The molecule has 2 atom stereocenters. The minimum Gasteiger partial charge on any atom is -0.481 e. The molecule has 1 saturated carbocycles. The number of unbranched alkanes of at least 4 members (excludes halogenated alkanes) is 2. The fraction of sp³-hybridized carbons (Fsp3) is 0.818. The van der Waals surface area contributed by atoms with E-state index in [1.54, 1.807) is 0 Å². The minimum absolute atomic E-state index is 0.104. The quantitative estimate of drug-likeness (QED) is 0.575. The molecule has 0 aliphatic heterocycles. The molecule has 3 N–H and O–H groups in total. The first-order valence-corrected chi connectivity index (χ1v) is 5.85. The summed E-state index contributed by atoms with van der Waals surface area (Å²) in [6.45, 7) is 2.73. The molecule has 0 aromatic heterocycles. The molecule has 5 heteroatoms. The first-order chi connectivity index (χ1) is 7.59. The number of aliphatic carboxylic acids is 1. The van der Waals surface area contributed by atoms with Crippen LogP contribution in [0, 0.1) is 5.92 Å². The van der Waals surface area contributed by atoms with Crippen LogP contribution in [0.4, 0.5) is 4.79 Å². The van der Waals surface area contributed by atoms with Crippen molar-refractivity contribution in [3.05, 3.63) is 0 Å². The fourth-order valence-corrected chi connectivity index (χ4v) is 1.52. The second-order valence-corrected chi connectivity index (χ2v) is 4.42. The highest BCUT2D eigenvalue weighted by atomic mass is 16.4. The molecule has 5 nitrogen and oxygen atoms in total. The van der Waals surface area contributed by atoms with Gasteiger partial charge in [0, 0.05) is 19.0 Å². The van der Waals surface area contributed by atoms with Crippen molar-refractivity contribution in [3.8, 4) is 0 Å². The van der Waals surface area contributed by atoms with Crippen molar-refractivity contribution < 1.29 is 14.7 Å². The van der Waals surface area contributed by atoms with Gasteiger partial charge in [0.15, 0.2) is 0 Å². The second kappa shape index (κ2) is 6.35. The minimum atomic E-state index is -0.756. The van der Waals surface area contributed by atoms with Gasteiger partial charge in [-0.3, -0.25) is 4.79 Å². The summed E-state index contributed by atoms with van der Waals surface area (Å²) in [5.41, 5.74) is 0. The average molecular weight is 228 g/mol. The topological polar surface area (TPSA) is 78.4 Å². The molecular formula is C11H20N2O3. The highest BCUT2D eigenvalue weighted by Crippen LogP contribution is 2.28. The van der Waals surface area contributed by atoms with Crippen LogP contribution in [0.15, 0.2) is 0 Å². The summed E-state index contributed by atoms with van der Waals surface area (Å²) in [6, 6.07) is 0.250. The van der Waals surface area contributed by atoms with Crippen LogP contribution in [-0.4, -0.2) is 29.7 Å². The fourth-order valence-electron chi connectivity index (χ4n) is 1.52. The van der Waals surface area contributed by atoms with E-state index < -0.39 is 5.97 Å². The highest BCUT2D eigenvalue weighted by Gasteiger charge is 2.33. The van der Waals surface area contributed by atoms with E-state index in [2.05, 4.69) is 17.6 Å². The zero-order valence-electron chi connectivity index (χ0n) is 9.66. The van der Waals surface area contributed by atoms with Gasteiger partial charge in [-0.2, -0.15) is 0 Å². The molecule has 0 aromatic rings. The number of rotatable bonds is 7. The van der Waals surface area contributed by atoms with Crippen LogP contribution in [0.25, 0.3) is 0 Å². The third-order valence-electron chi connectivity index (χ3n) is 2.78. The molecule has 92 valence electrons. The summed E-state index contributed by atoms with van der Waals surface area (Å²) in [6.07, 6.45) is 3.64. The molecule has 0 aromatic carbocycles. The monoisotopic (exact) mass is 228 g/mol. The molecule has 0 heterocycles. The lowest BCUT2D eigenvalue weighted by atomic mass is 10.2. The van der Waals surface area contributed by atoms with E-state index in [0.29, 0.717) is 24.9 Å². The van der Waals surface area contributed by atoms with Crippen molar-refractivity contribution in [3.63, 3.8) is 0 Å². The van der Waals surface area contributed by atoms with Gasteiger partial charge in [0.25, 0.3) is 0 Å². The van der Waals surface area contributed by atoms with Crippen molar-refractivity contribution >= 4 is 12.0 Å². The van der Waals surface area contributed by atoms with E-state index in [9.17, 15) is 9.59 Å². The maximum absolute atomic E-state index is 11.3. The van der Waals surface area contributed by atoms with Crippen LogP contribution < -0.4 is 10.6 Å². The summed E-state index contributed by atoms with van der Waals surface area (Å²) in [4.78, 5) is 21.5. The lowest BCUT2D eigenvalue weighted by Gasteiger charge is -2.06. The Bertz CT molecular complexity index is 256. The summed E-state index contributed by atoms with van der Waals surface area (Å²) in [5.74, 6) is -0.144. The molecule has 2 unspecified atom stereocenters. The number of amides is 2. The average Bonchev–Trinajstić information content (AvgIpc) is 2.87. The first kappa shape index (κ1) is 12.8. The predicted molar refractivity (Wildman–Crippen MR) is 60.2 cm³/mol. The SMILES string of the molecule is CC1CC1NC(=O)NCCCCCC(=O)O. The Balaban J connectivity index is 1.86. The molecular weight excluding hydrogens is 208 g/mol. The van der Waals surface area contributed by atoms with Gasteiger partial charge in [0.1, 0.15) is 0 Å². The number of carboxylic acids is 1. The van der Waals surface area contributed by atoms with Gasteiger partial charge < -0.3 is 15.7 Å². The van der Waals surface area contributed by atoms with Gasteiger partial charge in [0.2, 0.25) is 0 Å². The van der Waals surface area contributed by atoms with E-state index >= 15 is 0 Å². The second-order valence-electron chi connectivity index (χ2n) is 4.42. The van der Waals surface area contributed by atoms with Gasteiger partial charge in [-0.05, 0) is 25.2 Å². The number of carboxylic acid groups (broad SMARTS) is 1. The zero-order valence-corrected chi connectivity index (χ0v) is 9.66. The van der Waals surface area contributed by atoms with Crippen LogP contribution in [0.1, 0.15) is 39.0 Å². The molecule has 16 heavy (non-hydrogen) atoms. The lowest BCUT2D eigenvalue weighted by molar-refractivity contribution is -0.137. The molecule has 0 saturated heterocycles. The third kappa shape index (κ3) is 5.58. The molecule has 1 fully saturated rings. The van der Waals surface area contributed by atoms with Gasteiger partial charge in [-0.25, -0.2) is 4.79 Å². The summed E-state index contributed by atoms with van der Waals surface area (Å²) < 4.78 is 0. The number of nitrogens with one attached hydrogen (secondary N) is 2. The molecule has 0 spiro atoms. The van der Waals surface area contributed by atoms with Gasteiger partial charge in [-0.1, -0.05) is 13.3 Å². The third-order valence-corrected chi connectivity index (χ3v) is 2.78. The Hall–Kier alpha value is -1.26. The maximum atomic E-state index is 11.3.